The minimum atomic E-state index is -0.560. The van der Waals surface area contributed by atoms with E-state index in [1.54, 1.807) is 0 Å². The van der Waals surface area contributed by atoms with Gasteiger partial charge in [-0.15, -0.1) is 0 Å². The summed E-state index contributed by atoms with van der Waals surface area (Å²) >= 11 is 3.08. The van der Waals surface area contributed by atoms with Crippen LogP contribution in [-0.2, 0) is 0 Å². The van der Waals surface area contributed by atoms with Gasteiger partial charge in [0.1, 0.15) is 11.0 Å². The van der Waals surface area contributed by atoms with Crippen LogP contribution in [0, 0.1) is 21.4 Å². The zero-order valence-electron chi connectivity index (χ0n) is 10.3. The number of halogens is 1. The molecule has 0 spiro atoms. The van der Waals surface area contributed by atoms with Crippen LogP contribution in [0.3, 0.4) is 0 Å². The molecule has 0 radical (unpaired) electrons. The molecule has 100 valence electrons. The zero-order chi connectivity index (χ0) is 14.4. The maximum atomic E-state index is 12.2. The van der Waals surface area contributed by atoms with Gasteiger partial charge < -0.3 is 4.90 Å². The maximum Gasteiger partial charge on any atom is 0.284 e. The monoisotopic (exact) mass is 325 g/mol. The second-order valence-corrected chi connectivity index (χ2v) is 4.57. The van der Waals surface area contributed by atoms with Gasteiger partial charge >= 0.3 is 0 Å². The second kappa shape index (κ2) is 6.85. The average Bonchev–Trinajstić information content (AvgIpc) is 2.37. The molecular weight excluding hydrogens is 314 g/mol. The first-order chi connectivity index (χ1) is 9.02. The summed E-state index contributed by atoms with van der Waals surface area (Å²) in [7, 11) is 0. The third-order valence-electron chi connectivity index (χ3n) is 2.45. The first-order valence-corrected chi connectivity index (χ1v) is 6.41. The molecule has 1 aromatic carbocycles. The quantitative estimate of drug-likeness (QED) is 0.473. The van der Waals surface area contributed by atoms with Crippen LogP contribution in [0.2, 0.25) is 0 Å². The van der Waals surface area contributed by atoms with Crippen molar-refractivity contribution in [2.45, 2.75) is 13.3 Å². The third kappa shape index (κ3) is 3.51. The van der Waals surface area contributed by atoms with E-state index in [0.717, 1.165) is 0 Å². The Bertz CT molecular complexity index is 540. The van der Waals surface area contributed by atoms with Crippen molar-refractivity contribution >= 4 is 27.5 Å². The molecule has 0 bridgehead atoms. The Morgan fingerprint density at radius 3 is 2.79 bits per heavy atom. The average molecular weight is 326 g/mol. The van der Waals surface area contributed by atoms with Crippen LogP contribution in [0.25, 0.3) is 0 Å². The Balaban J connectivity index is 3.15. The number of nitro benzene ring substituents is 1. The minimum Gasteiger partial charge on any atom is -0.325 e. The Kier molecular flexibility index (Phi) is 5.45. The molecule has 7 heteroatoms. The van der Waals surface area contributed by atoms with Gasteiger partial charge in [0.05, 0.1) is 16.6 Å². The fourth-order valence-corrected chi connectivity index (χ4v) is 2.18. The van der Waals surface area contributed by atoms with E-state index >= 15 is 0 Å². The van der Waals surface area contributed by atoms with Gasteiger partial charge in [0, 0.05) is 12.6 Å². The zero-order valence-corrected chi connectivity index (χ0v) is 11.9. The molecule has 1 rings (SSSR count). The van der Waals surface area contributed by atoms with Crippen molar-refractivity contribution in [2.24, 2.45) is 0 Å². The van der Waals surface area contributed by atoms with E-state index < -0.39 is 4.92 Å². The number of carbonyl (C=O) groups is 1. The highest BCUT2D eigenvalue weighted by Crippen LogP contribution is 2.29. The van der Waals surface area contributed by atoms with E-state index in [1.165, 1.54) is 23.1 Å². The standard InChI is InChI=1S/C12H12BrN3O3/c1-2-7-15(8-6-14)12(17)9-4-3-5-10(11(9)13)16(18)19/h3-5H,2,7-8H2,1H3. The molecule has 0 unspecified atom stereocenters. The van der Waals surface area contributed by atoms with Crippen LogP contribution in [0.1, 0.15) is 23.7 Å². The van der Waals surface area contributed by atoms with E-state index in [0.29, 0.717) is 13.0 Å². The number of carbonyl (C=O) groups excluding carboxylic acids is 1. The van der Waals surface area contributed by atoms with Crippen molar-refractivity contribution < 1.29 is 9.72 Å². The Morgan fingerprint density at radius 1 is 1.58 bits per heavy atom. The lowest BCUT2D eigenvalue weighted by Crippen LogP contribution is -2.32. The van der Waals surface area contributed by atoms with Gasteiger partial charge in [-0.3, -0.25) is 14.9 Å². The number of rotatable bonds is 5. The molecule has 6 nitrogen and oxygen atoms in total. The van der Waals surface area contributed by atoms with Crippen molar-refractivity contribution in [1.29, 1.82) is 5.26 Å². The van der Waals surface area contributed by atoms with Gasteiger partial charge in [0.15, 0.2) is 0 Å². The van der Waals surface area contributed by atoms with Crippen molar-refractivity contribution in [3.05, 3.63) is 38.3 Å². The van der Waals surface area contributed by atoms with E-state index in [4.69, 9.17) is 5.26 Å². The molecule has 0 aromatic heterocycles. The molecule has 0 fully saturated rings. The first kappa shape index (κ1) is 15.1. The van der Waals surface area contributed by atoms with Gasteiger partial charge in [0.25, 0.3) is 11.6 Å². The van der Waals surface area contributed by atoms with Gasteiger partial charge in [0.2, 0.25) is 0 Å². The molecule has 0 saturated carbocycles. The number of amides is 1. The van der Waals surface area contributed by atoms with Crippen molar-refractivity contribution in [1.82, 2.24) is 4.90 Å². The van der Waals surface area contributed by atoms with Crippen LogP contribution >= 0.6 is 15.9 Å². The van der Waals surface area contributed by atoms with Crippen LogP contribution < -0.4 is 0 Å². The summed E-state index contributed by atoms with van der Waals surface area (Å²) in [5.41, 5.74) is 0.0251. The molecule has 0 atom stereocenters. The summed E-state index contributed by atoms with van der Waals surface area (Å²) < 4.78 is 0.143. The third-order valence-corrected chi connectivity index (χ3v) is 3.28. The maximum absolute atomic E-state index is 12.2. The summed E-state index contributed by atoms with van der Waals surface area (Å²) in [6.07, 6.45) is 0.708. The van der Waals surface area contributed by atoms with Crippen LogP contribution in [0.5, 0.6) is 0 Å². The fourth-order valence-electron chi connectivity index (χ4n) is 1.60. The molecule has 0 N–H and O–H groups in total. The van der Waals surface area contributed by atoms with Gasteiger partial charge in [-0.2, -0.15) is 5.26 Å². The van der Waals surface area contributed by atoms with Crippen molar-refractivity contribution in [3.8, 4) is 6.07 Å². The number of hydrogen-bond donors (Lipinski definition) is 0. The molecule has 0 heterocycles. The largest absolute Gasteiger partial charge is 0.325 e. The number of hydrogen-bond acceptors (Lipinski definition) is 4. The summed E-state index contributed by atoms with van der Waals surface area (Å²) in [5, 5.41) is 19.5. The van der Waals surface area contributed by atoms with Crippen LogP contribution in [-0.4, -0.2) is 28.8 Å². The second-order valence-electron chi connectivity index (χ2n) is 3.78. The van der Waals surface area contributed by atoms with Crippen LogP contribution in [0.15, 0.2) is 22.7 Å². The topological polar surface area (TPSA) is 87.2 Å². The summed E-state index contributed by atoms with van der Waals surface area (Å²) in [6.45, 7) is 2.28. The van der Waals surface area contributed by atoms with Gasteiger partial charge in [-0.25, -0.2) is 0 Å². The summed E-state index contributed by atoms with van der Waals surface area (Å²) in [6, 6.07) is 6.18. The lowest BCUT2D eigenvalue weighted by Gasteiger charge is -2.19. The predicted molar refractivity (Wildman–Crippen MR) is 72.6 cm³/mol. The van der Waals surface area contributed by atoms with Crippen molar-refractivity contribution in [2.75, 3.05) is 13.1 Å². The summed E-state index contributed by atoms with van der Waals surface area (Å²) in [4.78, 5) is 23.9. The first-order valence-electron chi connectivity index (χ1n) is 5.62. The lowest BCUT2D eigenvalue weighted by molar-refractivity contribution is -0.385. The summed E-state index contributed by atoms with van der Waals surface area (Å²) in [5.74, 6) is -0.390. The Labute approximate surface area is 118 Å². The smallest absolute Gasteiger partial charge is 0.284 e. The predicted octanol–water partition coefficient (Wildman–Crippen LogP) is 2.73. The highest BCUT2D eigenvalue weighted by Gasteiger charge is 2.22. The highest BCUT2D eigenvalue weighted by atomic mass is 79.9. The highest BCUT2D eigenvalue weighted by molar-refractivity contribution is 9.10. The minimum absolute atomic E-state index is 0.0399. The lowest BCUT2D eigenvalue weighted by atomic mass is 10.1. The van der Waals surface area contributed by atoms with Gasteiger partial charge in [-0.1, -0.05) is 13.0 Å². The number of nitrogens with zero attached hydrogens (tertiary/aromatic N) is 3. The SMILES string of the molecule is CCCN(CC#N)C(=O)c1cccc([N+](=O)[O-])c1Br. The number of benzene rings is 1. The number of nitriles is 1. The van der Waals surface area contributed by atoms with Gasteiger partial charge in [-0.05, 0) is 28.4 Å². The Hall–Kier alpha value is -1.94. The molecule has 19 heavy (non-hydrogen) atoms. The molecule has 0 aliphatic carbocycles. The van der Waals surface area contributed by atoms with E-state index in [9.17, 15) is 14.9 Å². The normalized spacial score (nSPS) is 9.74. The molecule has 1 aromatic rings. The van der Waals surface area contributed by atoms with Crippen LogP contribution in [0.4, 0.5) is 5.69 Å². The number of nitro groups is 1. The molecular formula is C12H12BrN3O3. The van der Waals surface area contributed by atoms with Crippen molar-refractivity contribution in [3.63, 3.8) is 0 Å². The van der Waals surface area contributed by atoms with E-state index in [-0.39, 0.29) is 28.2 Å². The van der Waals surface area contributed by atoms with E-state index in [1.807, 2.05) is 13.0 Å². The Morgan fingerprint density at radius 2 is 2.26 bits per heavy atom. The molecule has 1 amide bonds. The fraction of sp³-hybridized carbons (Fsp3) is 0.333. The van der Waals surface area contributed by atoms with E-state index in [2.05, 4.69) is 15.9 Å². The molecule has 0 aliphatic rings. The molecule has 0 saturated heterocycles. The molecule has 0 aliphatic heterocycles.